The number of nitrogens with one attached hydrogen (secondary N) is 1. The zero-order chi connectivity index (χ0) is 20.9. The molecule has 1 N–H and O–H groups in total. The van der Waals surface area contributed by atoms with Crippen molar-refractivity contribution in [2.75, 3.05) is 25.6 Å². The number of carbonyl (C=O) groups is 1. The zero-order valence-corrected chi connectivity index (χ0v) is 17.2. The number of aryl methyl sites for hydroxylation is 1. The van der Waals surface area contributed by atoms with E-state index in [0.29, 0.717) is 17.5 Å². The molecule has 30 heavy (non-hydrogen) atoms. The maximum absolute atomic E-state index is 11.6. The molecule has 0 bridgehead atoms. The van der Waals surface area contributed by atoms with Gasteiger partial charge < -0.3 is 14.6 Å². The number of pyridine rings is 1. The quantitative estimate of drug-likeness (QED) is 0.642. The first-order valence-electron chi connectivity index (χ1n) is 10.0. The number of aromatic nitrogens is 3. The van der Waals surface area contributed by atoms with Gasteiger partial charge in [-0.05, 0) is 44.0 Å². The lowest BCUT2D eigenvalue weighted by Gasteiger charge is -2.21. The first-order chi connectivity index (χ1) is 14.6. The second kappa shape index (κ2) is 9.15. The number of likely N-dealkylation sites (tertiary alicyclic amines) is 1. The largest absolute Gasteiger partial charge is 0.375 e. The van der Waals surface area contributed by atoms with E-state index in [1.807, 2.05) is 6.07 Å². The van der Waals surface area contributed by atoms with Gasteiger partial charge in [0.2, 0.25) is 11.7 Å². The molecule has 0 saturated carbocycles. The fourth-order valence-electron chi connectivity index (χ4n) is 3.62. The van der Waals surface area contributed by atoms with E-state index < -0.39 is 0 Å². The van der Waals surface area contributed by atoms with Crippen LogP contribution in [0.1, 0.15) is 35.9 Å². The molecule has 3 aromatic rings. The normalized spacial score (nSPS) is 16.7. The molecule has 4 rings (SSSR count). The highest BCUT2D eigenvalue weighted by molar-refractivity contribution is 5.90. The van der Waals surface area contributed by atoms with E-state index in [-0.39, 0.29) is 18.6 Å². The number of anilines is 1. The maximum atomic E-state index is 11.6. The van der Waals surface area contributed by atoms with Gasteiger partial charge in [-0.3, -0.25) is 9.69 Å². The highest BCUT2D eigenvalue weighted by Gasteiger charge is 2.30. The van der Waals surface area contributed by atoms with Crippen LogP contribution in [0.3, 0.4) is 0 Å². The molecule has 0 aliphatic carbocycles. The molecule has 1 saturated heterocycles. The van der Waals surface area contributed by atoms with E-state index in [9.17, 15) is 4.79 Å². The van der Waals surface area contributed by atoms with E-state index in [2.05, 4.69) is 56.5 Å². The maximum Gasteiger partial charge on any atom is 0.251 e. The van der Waals surface area contributed by atoms with Gasteiger partial charge in [0.15, 0.2) is 0 Å². The topological polar surface area (TPSA) is 93.4 Å². The summed E-state index contributed by atoms with van der Waals surface area (Å²) in [7, 11) is 1.47. The van der Waals surface area contributed by atoms with Gasteiger partial charge in [-0.2, -0.15) is 4.98 Å². The Morgan fingerprint density at radius 3 is 2.83 bits per heavy atom. The molecule has 1 amide bonds. The Labute approximate surface area is 175 Å². The molecule has 1 fully saturated rings. The van der Waals surface area contributed by atoms with Crippen LogP contribution in [-0.4, -0.2) is 46.2 Å². The van der Waals surface area contributed by atoms with Crippen molar-refractivity contribution in [1.29, 1.82) is 0 Å². The van der Waals surface area contributed by atoms with Gasteiger partial charge >= 0.3 is 0 Å². The van der Waals surface area contributed by atoms with Crippen LogP contribution in [0.2, 0.25) is 0 Å². The summed E-state index contributed by atoms with van der Waals surface area (Å²) in [5.41, 5.74) is 3.27. The Morgan fingerprint density at radius 1 is 1.27 bits per heavy atom. The highest BCUT2D eigenvalue weighted by atomic mass is 16.5. The number of nitrogens with zero attached hydrogens (tertiary/aromatic N) is 4. The van der Waals surface area contributed by atoms with Gasteiger partial charge in [0.1, 0.15) is 12.4 Å². The Morgan fingerprint density at radius 2 is 2.10 bits per heavy atom. The van der Waals surface area contributed by atoms with Crippen LogP contribution >= 0.6 is 0 Å². The van der Waals surface area contributed by atoms with Gasteiger partial charge in [0.25, 0.3) is 5.91 Å². The molecule has 1 unspecified atom stereocenters. The molecule has 0 spiro atoms. The van der Waals surface area contributed by atoms with Crippen LogP contribution in [0.4, 0.5) is 5.82 Å². The van der Waals surface area contributed by atoms with Crippen molar-refractivity contribution < 1.29 is 14.1 Å². The minimum atomic E-state index is -0.255. The molecular weight excluding hydrogens is 382 g/mol. The third-order valence-corrected chi connectivity index (χ3v) is 5.16. The summed E-state index contributed by atoms with van der Waals surface area (Å²) in [4.78, 5) is 22.8. The summed E-state index contributed by atoms with van der Waals surface area (Å²) < 4.78 is 10.4. The van der Waals surface area contributed by atoms with Crippen LogP contribution < -0.4 is 5.32 Å². The Kier molecular flexibility index (Phi) is 6.15. The van der Waals surface area contributed by atoms with Crippen molar-refractivity contribution in [3.63, 3.8) is 0 Å². The van der Waals surface area contributed by atoms with E-state index in [1.165, 1.54) is 18.2 Å². The summed E-state index contributed by atoms with van der Waals surface area (Å²) in [6.45, 7) is 3.95. The molecule has 0 radical (unpaired) electrons. The average molecular weight is 407 g/mol. The Bertz CT molecular complexity index is 985. The third kappa shape index (κ3) is 4.72. The fraction of sp³-hybridized carbons (Fsp3) is 0.364. The van der Waals surface area contributed by atoms with Crippen molar-refractivity contribution in [2.45, 2.75) is 32.4 Å². The second-order valence-corrected chi connectivity index (χ2v) is 7.48. The van der Waals surface area contributed by atoms with Crippen LogP contribution in [0.15, 0.2) is 47.1 Å². The highest BCUT2D eigenvalue weighted by Crippen LogP contribution is 2.33. The molecule has 8 nitrogen and oxygen atoms in total. The van der Waals surface area contributed by atoms with E-state index in [1.54, 1.807) is 12.3 Å². The van der Waals surface area contributed by atoms with Crippen LogP contribution in [-0.2, 0) is 16.1 Å². The number of methoxy groups -OCH3 is 1. The van der Waals surface area contributed by atoms with Gasteiger partial charge in [-0.15, -0.1) is 0 Å². The number of amides is 1. The van der Waals surface area contributed by atoms with E-state index >= 15 is 0 Å². The lowest BCUT2D eigenvalue weighted by atomic mass is 10.1. The van der Waals surface area contributed by atoms with Gasteiger partial charge in [-0.25, -0.2) is 4.98 Å². The molecule has 2 aromatic heterocycles. The zero-order valence-electron chi connectivity index (χ0n) is 17.2. The van der Waals surface area contributed by atoms with Gasteiger partial charge in [0, 0.05) is 25.4 Å². The van der Waals surface area contributed by atoms with Crippen molar-refractivity contribution in [3.8, 4) is 11.4 Å². The predicted octanol–water partition coefficient (Wildman–Crippen LogP) is 3.36. The third-order valence-electron chi connectivity index (χ3n) is 5.16. The van der Waals surface area contributed by atoms with Crippen LogP contribution in [0, 0.1) is 6.92 Å². The molecule has 8 heteroatoms. The Hall–Kier alpha value is -3.10. The van der Waals surface area contributed by atoms with Crippen molar-refractivity contribution in [2.24, 2.45) is 0 Å². The summed E-state index contributed by atoms with van der Waals surface area (Å²) in [6.07, 6.45) is 3.72. The van der Waals surface area contributed by atoms with Gasteiger partial charge in [0.05, 0.1) is 6.04 Å². The van der Waals surface area contributed by atoms with Gasteiger partial charge in [-0.1, -0.05) is 35.0 Å². The number of ether oxygens (including phenoxy) is 1. The summed E-state index contributed by atoms with van der Waals surface area (Å²) in [6, 6.07) is 12.2. The number of rotatable bonds is 7. The van der Waals surface area contributed by atoms with Crippen molar-refractivity contribution in [3.05, 3.63) is 59.6 Å². The fourth-order valence-corrected chi connectivity index (χ4v) is 3.62. The average Bonchev–Trinajstić information content (AvgIpc) is 3.40. The second-order valence-electron chi connectivity index (χ2n) is 7.48. The van der Waals surface area contributed by atoms with Crippen LogP contribution in [0.5, 0.6) is 0 Å². The number of hydrogen-bond donors (Lipinski definition) is 1. The molecule has 1 aliphatic rings. The molecule has 3 heterocycles. The monoisotopic (exact) mass is 407 g/mol. The number of benzene rings is 1. The first-order valence-corrected chi connectivity index (χ1v) is 10.0. The standard InChI is InChI=1S/C22H25N5O3/c1-15-5-7-16(8-6-15)13-27-11-3-4-18(27)22-25-21(26-30-22)17-9-10-19(23-12-17)24-20(28)14-29-2/h5-10,12,18H,3-4,11,13-14H2,1-2H3,(H,23,24,28). The molecule has 1 aromatic carbocycles. The molecule has 1 aliphatic heterocycles. The first kappa shape index (κ1) is 20.2. The van der Waals surface area contributed by atoms with Crippen LogP contribution in [0.25, 0.3) is 11.4 Å². The lowest BCUT2D eigenvalue weighted by molar-refractivity contribution is -0.119. The minimum Gasteiger partial charge on any atom is -0.375 e. The molecular formula is C22H25N5O3. The molecule has 156 valence electrons. The SMILES string of the molecule is COCC(=O)Nc1ccc(-c2noc(C3CCCN3Cc3ccc(C)cc3)n2)cn1. The summed E-state index contributed by atoms with van der Waals surface area (Å²) >= 11 is 0. The Balaban J connectivity index is 1.44. The predicted molar refractivity (Wildman–Crippen MR) is 112 cm³/mol. The van der Waals surface area contributed by atoms with Crippen molar-refractivity contribution >= 4 is 11.7 Å². The smallest absolute Gasteiger partial charge is 0.251 e. The summed E-state index contributed by atoms with van der Waals surface area (Å²) in [5.74, 6) is 1.32. The van der Waals surface area contributed by atoms with Crippen molar-refractivity contribution in [1.82, 2.24) is 20.0 Å². The minimum absolute atomic E-state index is 0.0158. The number of carbonyl (C=O) groups excluding carboxylic acids is 1. The van der Waals surface area contributed by atoms with E-state index in [0.717, 1.165) is 31.5 Å². The number of hydrogen-bond acceptors (Lipinski definition) is 7. The van der Waals surface area contributed by atoms with E-state index in [4.69, 9.17) is 9.26 Å². The summed E-state index contributed by atoms with van der Waals surface area (Å²) in [5, 5.41) is 6.80. The molecule has 1 atom stereocenters. The lowest BCUT2D eigenvalue weighted by Crippen LogP contribution is -2.23.